The molecular weight excluding hydrogens is 248 g/mol. The van der Waals surface area contributed by atoms with Crippen molar-refractivity contribution in [1.29, 1.82) is 0 Å². The number of hydrogen-bond donors (Lipinski definition) is 0. The van der Waals surface area contributed by atoms with E-state index in [1.54, 1.807) is 20.3 Å². The van der Waals surface area contributed by atoms with E-state index >= 15 is 0 Å². The number of carbonyl (C=O) groups is 1. The third-order valence-electron chi connectivity index (χ3n) is 2.61. The van der Waals surface area contributed by atoms with Gasteiger partial charge in [-0.3, -0.25) is 4.79 Å². The van der Waals surface area contributed by atoms with Crippen LogP contribution < -0.4 is 9.47 Å². The minimum absolute atomic E-state index is 0.0381. The fraction of sp³-hybridized carbons (Fsp3) is 0.214. The third kappa shape index (κ3) is 2.24. The molecule has 3 nitrogen and oxygen atoms in total. The predicted molar refractivity (Wildman–Crippen MR) is 72.0 cm³/mol. The lowest BCUT2D eigenvalue weighted by atomic mass is 10.0. The zero-order chi connectivity index (χ0) is 13.1. The molecule has 1 heterocycles. The van der Waals surface area contributed by atoms with Crippen LogP contribution in [0.3, 0.4) is 0 Å². The third-order valence-corrected chi connectivity index (χ3v) is 3.48. The maximum atomic E-state index is 12.4. The van der Waals surface area contributed by atoms with Crippen LogP contribution in [0.2, 0.25) is 0 Å². The monoisotopic (exact) mass is 262 g/mol. The van der Waals surface area contributed by atoms with Crippen molar-refractivity contribution in [3.63, 3.8) is 0 Å². The minimum atomic E-state index is -0.0381. The normalized spacial score (nSPS) is 10.2. The first-order valence-corrected chi connectivity index (χ1v) is 6.36. The van der Waals surface area contributed by atoms with Crippen LogP contribution in [0.5, 0.6) is 11.5 Å². The lowest BCUT2D eigenvalue weighted by molar-refractivity contribution is 0.103. The van der Waals surface area contributed by atoms with Gasteiger partial charge in [0, 0.05) is 0 Å². The van der Waals surface area contributed by atoms with Gasteiger partial charge in [0.2, 0.25) is 5.78 Å². The topological polar surface area (TPSA) is 35.5 Å². The maximum absolute atomic E-state index is 12.4. The maximum Gasteiger partial charge on any atom is 0.206 e. The molecule has 2 aromatic rings. The second-order valence-electron chi connectivity index (χ2n) is 3.85. The quantitative estimate of drug-likeness (QED) is 0.793. The molecule has 0 fully saturated rings. The molecule has 0 N–H and O–H groups in total. The Labute approximate surface area is 110 Å². The number of methoxy groups -OCH3 is 2. The van der Waals surface area contributed by atoms with Crippen molar-refractivity contribution in [3.8, 4) is 11.5 Å². The van der Waals surface area contributed by atoms with E-state index in [9.17, 15) is 4.79 Å². The van der Waals surface area contributed by atoms with Crippen molar-refractivity contribution in [1.82, 2.24) is 0 Å². The number of rotatable bonds is 4. The summed E-state index contributed by atoms with van der Waals surface area (Å²) in [4.78, 5) is 13.1. The summed E-state index contributed by atoms with van der Waals surface area (Å²) in [7, 11) is 3.11. The molecule has 0 spiro atoms. The predicted octanol–water partition coefficient (Wildman–Crippen LogP) is 3.30. The average Bonchev–Trinajstić information content (AvgIpc) is 2.90. The van der Waals surface area contributed by atoms with Gasteiger partial charge in [0.05, 0.1) is 24.7 Å². The van der Waals surface area contributed by atoms with Gasteiger partial charge >= 0.3 is 0 Å². The van der Waals surface area contributed by atoms with Crippen LogP contribution in [0, 0.1) is 6.92 Å². The van der Waals surface area contributed by atoms with Crippen LogP contribution in [0.4, 0.5) is 0 Å². The van der Waals surface area contributed by atoms with Crippen molar-refractivity contribution in [3.05, 3.63) is 45.6 Å². The smallest absolute Gasteiger partial charge is 0.206 e. The van der Waals surface area contributed by atoms with Gasteiger partial charge in [0.25, 0.3) is 0 Å². The molecule has 1 aromatic carbocycles. The van der Waals surface area contributed by atoms with E-state index in [2.05, 4.69) is 0 Å². The van der Waals surface area contributed by atoms with Crippen LogP contribution >= 0.6 is 11.3 Å². The molecule has 0 unspecified atom stereocenters. The van der Waals surface area contributed by atoms with Gasteiger partial charge in [-0.1, -0.05) is 6.07 Å². The number of hydrogen-bond acceptors (Lipinski definition) is 4. The van der Waals surface area contributed by atoms with Gasteiger partial charge < -0.3 is 9.47 Å². The van der Waals surface area contributed by atoms with Gasteiger partial charge in [0.15, 0.2) is 11.5 Å². The Hall–Kier alpha value is -1.81. The molecule has 0 aliphatic heterocycles. The SMILES string of the molecule is COc1cc(C)cc(C(=O)c2cccs2)c1OC. The number of ketones is 1. The van der Waals surface area contributed by atoms with Gasteiger partial charge in [-0.05, 0) is 36.1 Å². The molecule has 0 saturated carbocycles. The van der Waals surface area contributed by atoms with E-state index < -0.39 is 0 Å². The Morgan fingerprint density at radius 2 is 2.00 bits per heavy atom. The Morgan fingerprint density at radius 1 is 1.22 bits per heavy atom. The van der Waals surface area contributed by atoms with Gasteiger partial charge in [-0.25, -0.2) is 0 Å². The van der Waals surface area contributed by atoms with E-state index in [1.807, 2.05) is 30.5 Å². The molecule has 0 radical (unpaired) electrons. The molecule has 0 atom stereocenters. The van der Waals surface area contributed by atoms with E-state index in [0.717, 1.165) is 5.56 Å². The standard InChI is InChI=1S/C14H14O3S/c1-9-7-10(13(15)12-5-4-6-18-12)14(17-3)11(8-9)16-2/h4-8H,1-3H3. The van der Waals surface area contributed by atoms with Crippen molar-refractivity contribution < 1.29 is 14.3 Å². The fourth-order valence-corrected chi connectivity index (χ4v) is 2.49. The Morgan fingerprint density at radius 3 is 2.56 bits per heavy atom. The van der Waals surface area contributed by atoms with Gasteiger partial charge in [-0.2, -0.15) is 0 Å². The van der Waals surface area contributed by atoms with E-state index in [-0.39, 0.29) is 5.78 Å². The summed E-state index contributed by atoms with van der Waals surface area (Å²) in [5.74, 6) is 1.03. The summed E-state index contributed by atoms with van der Waals surface area (Å²) < 4.78 is 10.6. The van der Waals surface area contributed by atoms with E-state index in [4.69, 9.17) is 9.47 Å². The Kier molecular flexibility index (Phi) is 3.67. The Balaban J connectivity index is 2.56. The van der Waals surface area contributed by atoms with Gasteiger partial charge in [-0.15, -0.1) is 11.3 Å². The zero-order valence-electron chi connectivity index (χ0n) is 10.5. The molecule has 0 aliphatic carbocycles. The molecule has 0 aliphatic rings. The fourth-order valence-electron chi connectivity index (χ4n) is 1.81. The van der Waals surface area contributed by atoms with Gasteiger partial charge in [0.1, 0.15) is 0 Å². The number of carbonyl (C=O) groups excluding carboxylic acids is 1. The highest BCUT2D eigenvalue weighted by molar-refractivity contribution is 7.12. The minimum Gasteiger partial charge on any atom is -0.493 e. The molecule has 2 rings (SSSR count). The van der Waals surface area contributed by atoms with Crippen LogP contribution in [0.15, 0.2) is 29.6 Å². The summed E-state index contributed by atoms with van der Waals surface area (Å²) in [5, 5.41) is 1.88. The molecule has 4 heteroatoms. The second-order valence-corrected chi connectivity index (χ2v) is 4.80. The highest BCUT2D eigenvalue weighted by atomic mass is 32.1. The number of aryl methyl sites for hydroxylation is 1. The molecule has 94 valence electrons. The molecular formula is C14H14O3S. The van der Waals surface area contributed by atoms with E-state index in [0.29, 0.717) is 21.9 Å². The second kappa shape index (κ2) is 5.23. The average molecular weight is 262 g/mol. The van der Waals surface area contributed by atoms with Crippen molar-refractivity contribution in [2.75, 3.05) is 14.2 Å². The number of ether oxygens (including phenoxy) is 2. The highest BCUT2D eigenvalue weighted by Gasteiger charge is 2.19. The molecule has 18 heavy (non-hydrogen) atoms. The largest absolute Gasteiger partial charge is 0.493 e. The van der Waals surface area contributed by atoms with Crippen molar-refractivity contribution in [2.24, 2.45) is 0 Å². The van der Waals surface area contributed by atoms with Crippen LogP contribution in [-0.4, -0.2) is 20.0 Å². The zero-order valence-corrected chi connectivity index (χ0v) is 11.3. The molecule has 0 bridgehead atoms. The molecule has 0 saturated heterocycles. The Bertz CT molecular complexity index is 559. The van der Waals surface area contributed by atoms with E-state index in [1.165, 1.54) is 11.3 Å². The van der Waals surface area contributed by atoms with Crippen molar-refractivity contribution >= 4 is 17.1 Å². The van der Waals surface area contributed by atoms with Crippen LogP contribution in [0.1, 0.15) is 20.8 Å². The summed E-state index contributed by atoms with van der Waals surface area (Å²) in [6, 6.07) is 7.34. The summed E-state index contributed by atoms with van der Waals surface area (Å²) in [6.45, 7) is 1.92. The summed E-state index contributed by atoms with van der Waals surface area (Å²) in [5.41, 5.74) is 1.50. The summed E-state index contributed by atoms with van der Waals surface area (Å²) in [6.07, 6.45) is 0. The number of thiophene rings is 1. The van der Waals surface area contributed by atoms with Crippen molar-refractivity contribution in [2.45, 2.75) is 6.92 Å². The van der Waals surface area contributed by atoms with Crippen LogP contribution in [-0.2, 0) is 0 Å². The first-order chi connectivity index (χ1) is 8.67. The molecule has 0 amide bonds. The lowest BCUT2D eigenvalue weighted by Crippen LogP contribution is -2.04. The summed E-state index contributed by atoms with van der Waals surface area (Å²) >= 11 is 1.42. The first-order valence-electron chi connectivity index (χ1n) is 5.48. The van der Waals surface area contributed by atoms with Crippen LogP contribution in [0.25, 0.3) is 0 Å². The molecule has 1 aromatic heterocycles. The first kappa shape index (κ1) is 12.6. The number of benzene rings is 1. The lowest BCUT2D eigenvalue weighted by Gasteiger charge is -2.12. The highest BCUT2D eigenvalue weighted by Crippen LogP contribution is 2.34.